The second kappa shape index (κ2) is 12.6. The maximum atomic E-state index is 10.4. The molecule has 0 aromatic heterocycles. The van der Waals surface area contributed by atoms with E-state index >= 15 is 0 Å². The van der Waals surface area contributed by atoms with Crippen molar-refractivity contribution in [1.29, 1.82) is 0 Å². The molecular formula is C21H27O4-. The molecule has 0 bridgehead atoms. The molecular weight excluding hydrogens is 316 g/mol. The fourth-order valence-corrected chi connectivity index (χ4v) is 2.38. The van der Waals surface area contributed by atoms with Crippen molar-refractivity contribution in [3.8, 4) is 0 Å². The van der Waals surface area contributed by atoms with Gasteiger partial charge in [-0.15, -0.1) is 6.61 Å². The molecule has 0 aliphatic heterocycles. The molecule has 0 fully saturated rings. The lowest BCUT2D eigenvalue weighted by molar-refractivity contribution is -0.369. The van der Waals surface area contributed by atoms with Crippen LogP contribution in [0.5, 0.6) is 0 Å². The smallest absolute Gasteiger partial charge is 0.0716 e. The molecule has 0 aliphatic carbocycles. The average Bonchev–Trinajstić information content (AvgIpc) is 2.66. The van der Waals surface area contributed by atoms with Gasteiger partial charge in [0, 0.05) is 19.8 Å². The van der Waals surface area contributed by atoms with Crippen molar-refractivity contribution in [2.75, 3.05) is 26.4 Å². The van der Waals surface area contributed by atoms with E-state index in [1.165, 1.54) is 5.56 Å². The third-order valence-electron chi connectivity index (χ3n) is 3.65. The topological polar surface area (TPSA) is 50.8 Å². The molecule has 0 radical (unpaired) electrons. The summed E-state index contributed by atoms with van der Waals surface area (Å²) in [7, 11) is 0. The van der Waals surface area contributed by atoms with E-state index in [0.29, 0.717) is 46.1 Å². The first-order valence-electron chi connectivity index (χ1n) is 8.81. The van der Waals surface area contributed by atoms with Crippen molar-refractivity contribution in [3.63, 3.8) is 0 Å². The van der Waals surface area contributed by atoms with Gasteiger partial charge in [0.15, 0.2) is 0 Å². The predicted molar refractivity (Wildman–Crippen MR) is 96.0 cm³/mol. The normalized spacial score (nSPS) is 10.9. The third kappa shape index (κ3) is 8.79. The summed E-state index contributed by atoms with van der Waals surface area (Å²) in [5.41, 5.74) is 3.44. The molecule has 0 amide bonds. The lowest BCUT2D eigenvalue weighted by Gasteiger charge is -2.09. The van der Waals surface area contributed by atoms with Gasteiger partial charge in [-0.1, -0.05) is 54.6 Å². The zero-order valence-electron chi connectivity index (χ0n) is 14.7. The molecule has 0 aliphatic rings. The van der Waals surface area contributed by atoms with E-state index < -0.39 is 0 Å². The van der Waals surface area contributed by atoms with Gasteiger partial charge in [0.25, 0.3) is 0 Å². The second-order valence-electron chi connectivity index (χ2n) is 5.87. The number of ether oxygens (including phenoxy) is 3. The van der Waals surface area contributed by atoms with Gasteiger partial charge < -0.3 is 19.3 Å². The second-order valence-corrected chi connectivity index (χ2v) is 5.87. The van der Waals surface area contributed by atoms with E-state index in [2.05, 4.69) is 18.2 Å². The Morgan fingerprint density at radius 2 is 1.12 bits per heavy atom. The number of hydrogen-bond donors (Lipinski definition) is 0. The maximum absolute atomic E-state index is 10.4. The van der Waals surface area contributed by atoms with Crippen molar-refractivity contribution >= 4 is 0 Å². The molecule has 0 saturated heterocycles. The molecule has 2 aromatic carbocycles. The number of benzene rings is 2. The van der Waals surface area contributed by atoms with E-state index in [1.54, 1.807) is 0 Å². The van der Waals surface area contributed by atoms with Gasteiger partial charge in [0.1, 0.15) is 0 Å². The molecule has 0 unspecified atom stereocenters. The Kier molecular flexibility index (Phi) is 9.89. The average molecular weight is 343 g/mol. The zero-order chi connectivity index (χ0) is 17.6. The Morgan fingerprint density at radius 1 is 0.600 bits per heavy atom. The van der Waals surface area contributed by atoms with Crippen LogP contribution in [0.15, 0.2) is 54.6 Å². The quantitative estimate of drug-likeness (QED) is 0.525. The van der Waals surface area contributed by atoms with Crippen LogP contribution in [0.3, 0.4) is 0 Å². The van der Waals surface area contributed by atoms with Crippen molar-refractivity contribution in [1.82, 2.24) is 0 Å². The lowest BCUT2D eigenvalue weighted by Crippen LogP contribution is -2.08. The fraction of sp³-hybridized carbons (Fsp3) is 0.429. The minimum absolute atomic E-state index is 0.0804. The summed E-state index contributed by atoms with van der Waals surface area (Å²) in [6.07, 6.45) is 1.44. The highest BCUT2D eigenvalue weighted by atomic mass is 16.5. The van der Waals surface area contributed by atoms with Gasteiger partial charge in [-0.3, -0.25) is 0 Å². The van der Waals surface area contributed by atoms with Crippen LogP contribution in [0.25, 0.3) is 0 Å². The minimum atomic E-state index is -0.0804. The van der Waals surface area contributed by atoms with E-state index in [4.69, 9.17) is 14.2 Å². The Hall–Kier alpha value is -1.72. The van der Waals surface area contributed by atoms with Crippen molar-refractivity contribution in [2.24, 2.45) is 0 Å². The Labute approximate surface area is 150 Å². The van der Waals surface area contributed by atoms with E-state index in [0.717, 1.165) is 17.5 Å². The van der Waals surface area contributed by atoms with Gasteiger partial charge in [-0.2, -0.15) is 0 Å². The molecule has 136 valence electrons. The predicted octanol–water partition coefficient (Wildman–Crippen LogP) is 3.08. The maximum Gasteiger partial charge on any atom is 0.0716 e. The summed E-state index contributed by atoms with van der Waals surface area (Å²) in [5.74, 6) is 0. The first-order valence-corrected chi connectivity index (χ1v) is 8.81. The van der Waals surface area contributed by atoms with Crippen LogP contribution in [0.1, 0.15) is 29.5 Å². The van der Waals surface area contributed by atoms with Crippen LogP contribution in [0, 0.1) is 0 Å². The largest absolute Gasteiger partial charge is 0.854 e. The summed E-state index contributed by atoms with van der Waals surface area (Å²) in [4.78, 5) is 0. The molecule has 4 heteroatoms. The number of rotatable bonds is 13. The summed E-state index contributed by atoms with van der Waals surface area (Å²) in [5, 5.41) is 10.4. The molecule has 0 heterocycles. The van der Waals surface area contributed by atoms with Crippen LogP contribution in [-0.4, -0.2) is 26.4 Å². The fourth-order valence-electron chi connectivity index (χ4n) is 2.38. The molecule has 25 heavy (non-hydrogen) atoms. The number of hydrogen-bond acceptors (Lipinski definition) is 4. The third-order valence-corrected chi connectivity index (χ3v) is 3.65. The van der Waals surface area contributed by atoms with E-state index in [9.17, 15) is 5.11 Å². The lowest BCUT2D eigenvalue weighted by atomic mass is 10.1. The van der Waals surface area contributed by atoms with Crippen molar-refractivity contribution in [3.05, 3.63) is 71.3 Å². The van der Waals surface area contributed by atoms with Crippen LogP contribution in [-0.2, 0) is 34.0 Å². The zero-order valence-corrected chi connectivity index (χ0v) is 14.7. The summed E-state index contributed by atoms with van der Waals surface area (Å²) < 4.78 is 16.8. The van der Waals surface area contributed by atoms with Crippen LogP contribution in [0.2, 0.25) is 0 Å². The molecule has 2 aromatic rings. The molecule has 0 saturated carbocycles. The van der Waals surface area contributed by atoms with E-state index in [1.807, 2.05) is 36.4 Å². The summed E-state index contributed by atoms with van der Waals surface area (Å²) in [6.45, 7) is 3.60. The van der Waals surface area contributed by atoms with Crippen LogP contribution in [0.4, 0.5) is 0 Å². The first-order chi connectivity index (χ1) is 12.4. The summed E-state index contributed by atoms with van der Waals surface area (Å²) >= 11 is 0. The molecule has 0 atom stereocenters. The Morgan fingerprint density at radius 3 is 1.72 bits per heavy atom. The van der Waals surface area contributed by atoms with Gasteiger partial charge in [-0.05, 0) is 29.5 Å². The van der Waals surface area contributed by atoms with Crippen molar-refractivity contribution < 1.29 is 19.3 Å². The van der Waals surface area contributed by atoms with Gasteiger partial charge in [-0.25, -0.2) is 0 Å². The highest BCUT2D eigenvalue weighted by Crippen LogP contribution is 2.08. The Balaban J connectivity index is 1.54. The highest BCUT2D eigenvalue weighted by Gasteiger charge is 1.98. The monoisotopic (exact) mass is 343 g/mol. The standard InChI is InChI=1S/C21H27O4/c22-11-5-12-23-17-20-9-4-10-21(15-20)18-25-14-6-13-24-16-19-7-2-1-3-8-19/h1-4,7-10,15H,5-6,11-14,16-18H2/q-1. The van der Waals surface area contributed by atoms with Crippen LogP contribution >= 0.6 is 0 Å². The van der Waals surface area contributed by atoms with Gasteiger partial charge in [0.05, 0.1) is 19.8 Å². The van der Waals surface area contributed by atoms with Crippen molar-refractivity contribution in [2.45, 2.75) is 32.7 Å². The van der Waals surface area contributed by atoms with Gasteiger partial charge >= 0.3 is 0 Å². The molecule has 0 N–H and O–H groups in total. The first kappa shape index (κ1) is 19.6. The molecule has 2 rings (SSSR count). The SMILES string of the molecule is [O-]CCCOCc1cccc(COCCCOCc2ccccc2)c1. The van der Waals surface area contributed by atoms with Gasteiger partial charge in [0.2, 0.25) is 0 Å². The van der Waals surface area contributed by atoms with Crippen LogP contribution < -0.4 is 5.11 Å². The Bertz CT molecular complexity index is 571. The van der Waals surface area contributed by atoms with E-state index in [-0.39, 0.29) is 6.61 Å². The minimum Gasteiger partial charge on any atom is -0.854 e. The molecule has 4 nitrogen and oxygen atoms in total. The molecule has 0 spiro atoms. The highest BCUT2D eigenvalue weighted by molar-refractivity contribution is 5.22. The summed E-state index contributed by atoms with van der Waals surface area (Å²) in [6, 6.07) is 18.3.